The molecule has 102 valence electrons. The van der Waals surface area contributed by atoms with E-state index < -0.39 is 0 Å². The molecule has 0 aliphatic heterocycles. The second-order valence-electron chi connectivity index (χ2n) is 5.32. The SMILES string of the molecule is CCCCC=CC(CCCC)CCCCCC. The second-order valence-corrected chi connectivity index (χ2v) is 5.32. The van der Waals surface area contributed by atoms with Crippen molar-refractivity contribution in [1.82, 2.24) is 0 Å². The van der Waals surface area contributed by atoms with Crippen LogP contribution in [0.15, 0.2) is 12.2 Å². The Kier molecular flexibility index (Phi) is 13.6. The summed E-state index contributed by atoms with van der Waals surface area (Å²) in [5.74, 6) is 0.865. The Bertz CT molecular complexity index is 157. The minimum atomic E-state index is 0.865. The lowest BCUT2D eigenvalue weighted by Gasteiger charge is -2.12. The number of hydrogen-bond donors (Lipinski definition) is 0. The summed E-state index contributed by atoms with van der Waals surface area (Å²) in [7, 11) is 0. The van der Waals surface area contributed by atoms with Gasteiger partial charge in [0.2, 0.25) is 0 Å². The first-order valence-corrected chi connectivity index (χ1v) is 8.01. The maximum Gasteiger partial charge on any atom is -0.0234 e. The first-order valence-electron chi connectivity index (χ1n) is 8.01. The molecule has 0 N–H and O–H groups in total. The van der Waals surface area contributed by atoms with Gasteiger partial charge in [0, 0.05) is 0 Å². The highest BCUT2D eigenvalue weighted by Crippen LogP contribution is 2.19. The van der Waals surface area contributed by atoms with Crippen molar-refractivity contribution >= 4 is 0 Å². The zero-order valence-electron chi connectivity index (χ0n) is 12.5. The number of unbranched alkanes of at least 4 members (excludes halogenated alkanes) is 6. The standard InChI is InChI=1S/C17H34/c1-4-7-10-12-15-17(14-9-6-3)16-13-11-8-5-2/h12,15,17H,4-11,13-14,16H2,1-3H3. The van der Waals surface area contributed by atoms with E-state index in [0.29, 0.717) is 0 Å². The Morgan fingerprint density at radius 2 is 1.35 bits per heavy atom. The molecule has 1 unspecified atom stereocenters. The molecule has 0 aliphatic carbocycles. The molecule has 0 aromatic heterocycles. The topological polar surface area (TPSA) is 0 Å². The van der Waals surface area contributed by atoms with Crippen LogP contribution in [0.4, 0.5) is 0 Å². The predicted octanol–water partition coefficient (Wildman–Crippen LogP) is 6.51. The van der Waals surface area contributed by atoms with E-state index in [1.165, 1.54) is 70.6 Å². The van der Waals surface area contributed by atoms with Crippen LogP contribution in [0.2, 0.25) is 0 Å². The second kappa shape index (κ2) is 13.8. The molecule has 0 aromatic rings. The minimum absolute atomic E-state index is 0.865. The summed E-state index contributed by atoms with van der Waals surface area (Å²) in [6.45, 7) is 6.86. The first-order chi connectivity index (χ1) is 8.35. The van der Waals surface area contributed by atoms with Crippen LogP contribution in [-0.4, -0.2) is 0 Å². The fourth-order valence-electron chi connectivity index (χ4n) is 2.25. The van der Waals surface area contributed by atoms with Gasteiger partial charge in [0.05, 0.1) is 0 Å². The van der Waals surface area contributed by atoms with Crippen molar-refractivity contribution in [2.45, 2.75) is 91.4 Å². The van der Waals surface area contributed by atoms with Gasteiger partial charge in [-0.15, -0.1) is 0 Å². The monoisotopic (exact) mass is 238 g/mol. The van der Waals surface area contributed by atoms with Crippen LogP contribution in [0.25, 0.3) is 0 Å². The largest absolute Gasteiger partial charge is 0.0883 e. The Morgan fingerprint density at radius 3 is 2.00 bits per heavy atom. The van der Waals surface area contributed by atoms with E-state index in [0.717, 1.165) is 5.92 Å². The van der Waals surface area contributed by atoms with Gasteiger partial charge in [-0.3, -0.25) is 0 Å². The van der Waals surface area contributed by atoms with E-state index in [9.17, 15) is 0 Å². The van der Waals surface area contributed by atoms with Gasteiger partial charge in [-0.2, -0.15) is 0 Å². The van der Waals surface area contributed by atoms with Crippen molar-refractivity contribution in [3.05, 3.63) is 12.2 Å². The van der Waals surface area contributed by atoms with Crippen molar-refractivity contribution in [1.29, 1.82) is 0 Å². The molecule has 0 radical (unpaired) electrons. The third-order valence-corrected chi connectivity index (χ3v) is 3.49. The zero-order valence-corrected chi connectivity index (χ0v) is 12.5. The number of hydrogen-bond acceptors (Lipinski definition) is 0. The molecule has 0 fully saturated rings. The number of rotatable bonds is 12. The van der Waals surface area contributed by atoms with Crippen molar-refractivity contribution < 1.29 is 0 Å². The maximum absolute atomic E-state index is 2.51. The first kappa shape index (κ1) is 16.7. The Labute approximate surface area is 110 Å². The van der Waals surface area contributed by atoms with Gasteiger partial charge in [0.1, 0.15) is 0 Å². The normalized spacial score (nSPS) is 13.4. The molecule has 17 heavy (non-hydrogen) atoms. The van der Waals surface area contributed by atoms with Crippen molar-refractivity contribution in [3.8, 4) is 0 Å². The van der Waals surface area contributed by atoms with Gasteiger partial charge in [0.15, 0.2) is 0 Å². The van der Waals surface area contributed by atoms with Gasteiger partial charge in [-0.1, -0.05) is 84.3 Å². The quantitative estimate of drug-likeness (QED) is 0.268. The van der Waals surface area contributed by atoms with E-state index in [1.54, 1.807) is 0 Å². The molecule has 0 spiro atoms. The highest BCUT2D eigenvalue weighted by atomic mass is 14.1. The average molecular weight is 238 g/mol. The van der Waals surface area contributed by atoms with Gasteiger partial charge in [0.25, 0.3) is 0 Å². The van der Waals surface area contributed by atoms with E-state index in [-0.39, 0.29) is 0 Å². The van der Waals surface area contributed by atoms with Crippen LogP contribution in [0.3, 0.4) is 0 Å². The third-order valence-electron chi connectivity index (χ3n) is 3.49. The van der Waals surface area contributed by atoms with Crippen LogP contribution < -0.4 is 0 Å². The minimum Gasteiger partial charge on any atom is -0.0883 e. The molecular weight excluding hydrogens is 204 g/mol. The van der Waals surface area contributed by atoms with Gasteiger partial charge in [-0.25, -0.2) is 0 Å². The molecule has 0 heteroatoms. The van der Waals surface area contributed by atoms with Crippen LogP contribution in [-0.2, 0) is 0 Å². The van der Waals surface area contributed by atoms with Crippen LogP contribution in [0.5, 0.6) is 0 Å². The molecule has 0 amide bonds. The third kappa shape index (κ3) is 12.0. The molecule has 1 atom stereocenters. The highest BCUT2D eigenvalue weighted by molar-refractivity contribution is 4.88. The maximum atomic E-state index is 2.51. The summed E-state index contributed by atoms with van der Waals surface area (Å²) in [5, 5.41) is 0. The Hall–Kier alpha value is -0.260. The smallest absolute Gasteiger partial charge is 0.0234 e. The summed E-state index contributed by atoms with van der Waals surface area (Å²) in [6, 6.07) is 0. The average Bonchev–Trinajstić information content (AvgIpc) is 2.35. The molecule has 0 rings (SSSR count). The predicted molar refractivity (Wildman–Crippen MR) is 80.4 cm³/mol. The van der Waals surface area contributed by atoms with E-state index >= 15 is 0 Å². The molecule has 0 saturated heterocycles. The summed E-state index contributed by atoms with van der Waals surface area (Å²) in [6.07, 6.45) is 20.1. The zero-order chi connectivity index (χ0) is 12.8. The van der Waals surface area contributed by atoms with Gasteiger partial charge in [-0.05, 0) is 25.2 Å². The van der Waals surface area contributed by atoms with E-state index in [2.05, 4.69) is 32.9 Å². The summed E-state index contributed by atoms with van der Waals surface area (Å²) >= 11 is 0. The Balaban J connectivity index is 3.74. The molecule has 0 bridgehead atoms. The Morgan fingerprint density at radius 1 is 0.706 bits per heavy atom. The van der Waals surface area contributed by atoms with Gasteiger partial charge >= 0.3 is 0 Å². The molecular formula is C17H34. The number of allylic oxidation sites excluding steroid dienone is 2. The fourth-order valence-corrected chi connectivity index (χ4v) is 2.25. The highest BCUT2D eigenvalue weighted by Gasteiger charge is 2.03. The summed E-state index contributed by atoms with van der Waals surface area (Å²) in [4.78, 5) is 0. The van der Waals surface area contributed by atoms with Gasteiger partial charge < -0.3 is 0 Å². The molecule has 0 nitrogen and oxygen atoms in total. The molecule has 0 aliphatic rings. The van der Waals surface area contributed by atoms with Crippen LogP contribution >= 0.6 is 0 Å². The van der Waals surface area contributed by atoms with Crippen molar-refractivity contribution in [2.24, 2.45) is 5.92 Å². The van der Waals surface area contributed by atoms with Crippen molar-refractivity contribution in [3.63, 3.8) is 0 Å². The lowest BCUT2D eigenvalue weighted by atomic mass is 9.94. The summed E-state index contributed by atoms with van der Waals surface area (Å²) in [5.41, 5.74) is 0. The van der Waals surface area contributed by atoms with Crippen LogP contribution in [0, 0.1) is 5.92 Å². The molecule has 0 saturated carbocycles. The summed E-state index contributed by atoms with van der Waals surface area (Å²) < 4.78 is 0. The fraction of sp³-hybridized carbons (Fsp3) is 0.882. The lowest BCUT2D eigenvalue weighted by molar-refractivity contribution is 0.483. The van der Waals surface area contributed by atoms with Crippen molar-refractivity contribution in [2.75, 3.05) is 0 Å². The lowest BCUT2D eigenvalue weighted by Crippen LogP contribution is -1.97. The van der Waals surface area contributed by atoms with E-state index in [1.807, 2.05) is 0 Å². The molecule has 0 aromatic carbocycles. The molecule has 0 heterocycles. The van der Waals surface area contributed by atoms with Crippen LogP contribution in [0.1, 0.15) is 91.4 Å². The van der Waals surface area contributed by atoms with E-state index in [4.69, 9.17) is 0 Å².